The number of imidazole rings is 1. The summed E-state index contributed by atoms with van der Waals surface area (Å²) >= 11 is 0. The van der Waals surface area contributed by atoms with E-state index in [2.05, 4.69) is 20.3 Å². The summed E-state index contributed by atoms with van der Waals surface area (Å²) in [7, 11) is -9.36. The molecule has 4 unspecified atom stereocenters. The Bertz CT molecular complexity index is 2050. The van der Waals surface area contributed by atoms with Gasteiger partial charge in [0.2, 0.25) is 11.9 Å². The SMILES string of the molecule is CC(C)C(=O)Nc1nc2c(ncn2C2OC(COP(=O)(OCCC#N)OCC(CO)OP(=O)(OCCC#N)OCCC#N)[C@@H](OC(=O)C(C)C)[C@H]2OC(=O)C(C)C)c(=O)[nH]1. The molecule has 0 aliphatic carbocycles. The lowest BCUT2D eigenvalue weighted by Crippen LogP contribution is -2.42. The number of ether oxygens (including phenoxy) is 3. The number of carbonyl (C=O) groups excluding carboxylic acids is 3. The maximum absolute atomic E-state index is 14.1. The molecule has 2 aromatic heterocycles. The van der Waals surface area contributed by atoms with E-state index in [1.165, 1.54) is 18.4 Å². The largest absolute Gasteiger partial charge is 0.475 e. The molecule has 26 heteroatoms. The molecule has 6 atom stereocenters. The standard InChI is InChI=1S/C34H48N8O16P2/c1-20(2)29(44)40-34-39-28-25(30(45)41-34)38-19-42(28)31-27(57-33(47)22(5)6)26(56-32(46)21(3)4)24(55-31)18-54-59(48,50-13-7-10-35)53-17-23(16-43)58-60(49,51-14-8-11-36)52-15-9-12-37/h19-24,26-27,31,43H,7-9,13-18H2,1-6H3,(H2,39,40,41,44,45)/t23?,24?,26-,27-,31?,59?/m1/s1. The summed E-state index contributed by atoms with van der Waals surface area (Å²) in [6, 6.07) is 5.34. The maximum atomic E-state index is 14.1. The van der Waals surface area contributed by atoms with E-state index in [0.717, 1.165) is 6.33 Å². The molecule has 0 spiro atoms. The number of phosphoric acid groups is 2. The van der Waals surface area contributed by atoms with E-state index in [1.54, 1.807) is 45.9 Å². The first-order valence-corrected chi connectivity index (χ1v) is 21.5. The van der Waals surface area contributed by atoms with Crippen molar-refractivity contribution < 1.29 is 70.0 Å². The number of nitrogens with one attached hydrogen (secondary N) is 2. The number of nitrogens with zero attached hydrogens (tertiary/aromatic N) is 6. The highest BCUT2D eigenvalue weighted by molar-refractivity contribution is 7.48. The van der Waals surface area contributed by atoms with Crippen molar-refractivity contribution in [2.75, 3.05) is 45.0 Å². The summed E-state index contributed by atoms with van der Waals surface area (Å²) in [4.78, 5) is 62.6. The van der Waals surface area contributed by atoms with Crippen LogP contribution in [0, 0.1) is 51.7 Å². The van der Waals surface area contributed by atoms with Crippen molar-refractivity contribution in [2.45, 2.75) is 91.4 Å². The summed E-state index contributed by atoms with van der Waals surface area (Å²) in [6.07, 6.45) is -7.09. The van der Waals surface area contributed by atoms with Gasteiger partial charge in [-0.3, -0.25) is 61.2 Å². The van der Waals surface area contributed by atoms with Gasteiger partial charge in [-0.2, -0.15) is 20.8 Å². The van der Waals surface area contributed by atoms with Crippen molar-refractivity contribution in [2.24, 2.45) is 17.8 Å². The number of aromatic amines is 1. The van der Waals surface area contributed by atoms with E-state index in [4.69, 9.17) is 57.1 Å². The van der Waals surface area contributed by atoms with Gasteiger partial charge in [-0.05, 0) is 0 Å². The zero-order valence-electron chi connectivity index (χ0n) is 33.7. The number of aromatic nitrogens is 4. The Morgan fingerprint density at radius 3 is 1.93 bits per heavy atom. The summed E-state index contributed by atoms with van der Waals surface area (Å²) in [5.41, 5.74) is -1.09. The van der Waals surface area contributed by atoms with Crippen LogP contribution >= 0.6 is 15.6 Å². The van der Waals surface area contributed by atoms with Crippen LogP contribution in [-0.2, 0) is 64.9 Å². The number of nitriles is 3. The molecule has 0 saturated carbocycles. The molecule has 24 nitrogen and oxygen atoms in total. The third kappa shape index (κ3) is 14.2. The number of hydrogen-bond donors (Lipinski definition) is 3. The normalized spacial score (nSPS) is 19.4. The lowest BCUT2D eigenvalue weighted by atomic mass is 10.1. The average Bonchev–Trinajstić information content (AvgIpc) is 3.76. The van der Waals surface area contributed by atoms with Gasteiger partial charge >= 0.3 is 27.6 Å². The minimum absolute atomic E-state index is 0.140. The van der Waals surface area contributed by atoms with E-state index in [-0.39, 0.29) is 36.4 Å². The Hall–Kier alpha value is -4.63. The molecule has 2 aromatic rings. The third-order valence-electron chi connectivity index (χ3n) is 7.89. The quantitative estimate of drug-likeness (QED) is 0.0732. The maximum Gasteiger partial charge on any atom is 0.475 e. The van der Waals surface area contributed by atoms with Crippen LogP contribution in [0.25, 0.3) is 11.2 Å². The topological polar surface area (TPSA) is 336 Å². The molecular weight excluding hydrogens is 838 g/mol. The minimum atomic E-state index is -4.83. The molecule has 60 heavy (non-hydrogen) atoms. The van der Waals surface area contributed by atoms with Gasteiger partial charge in [-0.1, -0.05) is 41.5 Å². The first-order valence-electron chi connectivity index (χ1n) is 18.6. The number of aliphatic hydroxyl groups excluding tert-OH is 1. The predicted octanol–water partition coefficient (Wildman–Crippen LogP) is 3.16. The van der Waals surface area contributed by atoms with Gasteiger partial charge in [0.05, 0.1) is 95.3 Å². The van der Waals surface area contributed by atoms with Crippen molar-refractivity contribution in [1.82, 2.24) is 19.5 Å². The molecule has 0 aromatic carbocycles. The zero-order chi connectivity index (χ0) is 44.6. The smallest absolute Gasteiger partial charge is 0.455 e. The molecule has 3 heterocycles. The summed E-state index contributed by atoms with van der Waals surface area (Å²) in [5, 5.41) is 39.3. The van der Waals surface area contributed by atoms with Crippen LogP contribution in [0.3, 0.4) is 0 Å². The Morgan fingerprint density at radius 2 is 1.42 bits per heavy atom. The molecule has 3 N–H and O–H groups in total. The number of hydrogen-bond acceptors (Lipinski definition) is 21. The zero-order valence-corrected chi connectivity index (χ0v) is 35.5. The minimum Gasteiger partial charge on any atom is -0.455 e. The summed E-state index contributed by atoms with van der Waals surface area (Å²) in [6.45, 7) is 5.52. The molecule has 1 aliphatic heterocycles. The number of H-pyrrole nitrogens is 1. The van der Waals surface area contributed by atoms with E-state index in [1.807, 2.05) is 0 Å². The molecule has 330 valence electrons. The van der Waals surface area contributed by atoms with Gasteiger partial charge in [0.1, 0.15) is 12.2 Å². The first kappa shape index (κ1) is 49.7. The molecule has 1 saturated heterocycles. The number of aliphatic hydroxyl groups is 1. The van der Waals surface area contributed by atoms with Crippen LogP contribution in [0.2, 0.25) is 0 Å². The van der Waals surface area contributed by atoms with Gasteiger partial charge in [-0.25, -0.2) is 14.1 Å². The van der Waals surface area contributed by atoms with Gasteiger partial charge in [0.15, 0.2) is 29.6 Å². The molecule has 1 fully saturated rings. The van der Waals surface area contributed by atoms with E-state index < -0.39 is 127 Å². The van der Waals surface area contributed by atoms with Crippen molar-refractivity contribution in [3.05, 3.63) is 16.7 Å². The van der Waals surface area contributed by atoms with Gasteiger partial charge in [-0.15, -0.1) is 0 Å². The lowest BCUT2D eigenvalue weighted by molar-refractivity contribution is -0.172. The third-order valence-corrected chi connectivity index (χ3v) is 10.9. The van der Waals surface area contributed by atoms with Crippen LogP contribution in [-0.4, -0.2) is 107 Å². The van der Waals surface area contributed by atoms with Gasteiger partial charge in [0.25, 0.3) is 5.56 Å². The van der Waals surface area contributed by atoms with Crippen molar-refractivity contribution in [3.63, 3.8) is 0 Å². The van der Waals surface area contributed by atoms with Crippen molar-refractivity contribution >= 4 is 50.6 Å². The van der Waals surface area contributed by atoms with E-state index >= 15 is 0 Å². The second-order valence-corrected chi connectivity index (χ2v) is 17.0. The second-order valence-electron chi connectivity index (χ2n) is 13.7. The fourth-order valence-electron chi connectivity index (χ4n) is 4.76. The van der Waals surface area contributed by atoms with Crippen molar-refractivity contribution in [3.8, 4) is 18.2 Å². The second kappa shape index (κ2) is 23.4. The fourth-order valence-corrected chi connectivity index (χ4v) is 7.30. The van der Waals surface area contributed by atoms with Crippen LogP contribution < -0.4 is 10.9 Å². The molecule has 0 radical (unpaired) electrons. The monoisotopic (exact) mass is 886 g/mol. The summed E-state index contributed by atoms with van der Waals surface area (Å²) < 4.78 is 78.3. The number of fused-ring (bicyclic) bond motifs is 1. The molecule has 1 amide bonds. The molecule has 0 bridgehead atoms. The first-order chi connectivity index (χ1) is 28.4. The van der Waals surface area contributed by atoms with Crippen LogP contribution in [0.4, 0.5) is 5.95 Å². The highest BCUT2D eigenvalue weighted by Crippen LogP contribution is 2.53. The highest BCUT2D eigenvalue weighted by Gasteiger charge is 2.52. The molecule has 1 aliphatic rings. The van der Waals surface area contributed by atoms with Gasteiger partial charge in [0, 0.05) is 5.92 Å². The molecular formula is C34H48N8O16P2. The highest BCUT2D eigenvalue weighted by atomic mass is 31.2. The number of anilines is 1. The number of phosphoric ester groups is 2. The number of rotatable bonds is 25. The Kier molecular flexibility index (Phi) is 19.4. The Balaban J connectivity index is 2.01. The number of carbonyl (C=O) groups is 3. The van der Waals surface area contributed by atoms with Crippen LogP contribution in [0.5, 0.6) is 0 Å². The predicted molar refractivity (Wildman–Crippen MR) is 203 cm³/mol. The van der Waals surface area contributed by atoms with Gasteiger partial charge < -0.3 is 19.3 Å². The molecule has 3 rings (SSSR count). The summed E-state index contributed by atoms with van der Waals surface area (Å²) in [5.74, 6) is -4.12. The Morgan fingerprint density at radius 1 is 0.867 bits per heavy atom. The average molecular weight is 887 g/mol. The van der Waals surface area contributed by atoms with Crippen molar-refractivity contribution in [1.29, 1.82) is 15.8 Å². The fraction of sp³-hybridized carbons (Fsp3) is 0.676. The van der Waals surface area contributed by atoms with E-state index in [9.17, 15) is 33.4 Å². The lowest BCUT2D eigenvalue weighted by Gasteiger charge is -2.27. The number of amides is 1. The van der Waals surface area contributed by atoms with Crippen LogP contribution in [0.1, 0.15) is 67.0 Å². The van der Waals surface area contributed by atoms with Crippen LogP contribution in [0.15, 0.2) is 11.1 Å². The van der Waals surface area contributed by atoms with E-state index in [0.29, 0.717) is 0 Å². The number of esters is 2. The Labute approximate surface area is 344 Å².